The molecule has 0 bridgehead atoms. The standard InChI is InChI=1S/C19H15Cl2N7OS/c1-9-3-2-4-13-15(9)25-19(30-13)26-16-14(22)17(24-8-23-16)27-28-18(29)11-6-5-10(20)7-12(11)21/h2-8H,22H2,1H3,(H,28,29)(H2,23,24,25,26,27). The summed E-state index contributed by atoms with van der Waals surface area (Å²) in [6.45, 7) is 2.00. The van der Waals surface area contributed by atoms with Gasteiger partial charge in [-0.05, 0) is 36.8 Å². The number of anilines is 4. The summed E-state index contributed by atoms with van der Waals surface area (Å²) in [5, 5.41) is 4.42. The Bertz CT molecular complexity index is 1260. The van der Waals surface area contributed by atoms with Crippen molar-refractivity contribution in [2.45, 2.75) is 6.92 Å². The van der Waals surface area contributed by atoms with E-state index in [4.69, 9.17) is 28.9 Å². The maximum atomic E-state index is 12.4. The van der Waals surface area contributed by atoms with Crippen molar-refractivity contribution in [1.29, 1.82) is 0 Å². The predicted molar refractivity (Wildman–Crippen MR) is 122 cm³/mol. The van der Waals surface area contributed by atoms with E-state index in [-0.39, 0.29) is 22.1 Å². The zero-order valence-corrected chi connectivity index (χ0v) is 17.9. The van der Waals surface area contributed by atoms with Gasteiger partial charge >= 0.3 is 0 Å². The number of hydrazine groups is 1. The first kappa shape index (κ1) is 20.1. The highest BCUT2D eigenvalue weighted by Crippen LogP contribution is 2.32. The number of carbonyl (C=O) groups is 1. The molecule has 0 aliphatic heterocycles. The number of amides is 1. The highest BCUT2D eigenvalue weighted by Gasteiger charge is 2.14. The molecule has 0 saturated heterocycles. The van der Waals surface area contributed by atoms with Crippen LogP contribution in [0.2, 0.25) is 10.0 Å². The molecule has 8 nitrogen and oxygen atoms in total. The van der Waals surface area contributed by atoms with Gasteiger partial charge in [-0.1, -0.05) is 46.7 Å². The molecule has 2 aromatic heterocycles. The Hall–Kier alpha value is -3.14. The molecule has 2 heterocycles. The van der Waals surface area contributed by atoms with Crippen molar-refractivity contribution in [1.82, 2.24) is 20.4 Å². The van der Waals surface area contributed by atoms with Crippen LogP contribution >= 0.6 is 34.5 Å². The number of nitrogen functional groups attached to an aromatic ring is 1. The van der Waals surface area contributed by atoms with E-state index < -0.39 is 5.91 Å². The van der Waals surface area contributed by atoms with Crippen molar-refractivity contribution in [3.05, 3.63) is 63.9 Å². The van der Waals surface area contributed by atoms with Crippen molar-refractivity contribution < 1.29 is 4.79 Å². The molecule has 4 aromatic rings. The molecule has 0 atom stereocenters. The number of fused-ring (bicyclic) bond motifs is 1. The summed E-state index contributed by atoms with van der Waals surface area (Å²) in [5.74, 6) is 0.122. The Morgan fingerprint density at radius 2 is 1.93 bits per heavy atom. The fourth-order valence-corrected chi connectivity index (χ4v) is 4.13. The average molecular weight is 460 g/mol. The van der Waals surface area contributed by atoms with Crippen LogP contribution in [-0.2, 0) is 0 Å². The number of aryl methyl sites for hydroxylation is 1. The summed E-state index contributed by atoms with van der Waals surface area (Å²) >= 11 is 13.4. The van der Waals surface area contributed by atoms with Gasteiger partial charge in [-0.15, -0.1) is 0 Å². The van der Waals surface area contributed by atoms with Gasteiger partial charge in [-0.3, -0.25) is 15.6 Å². The molecule has 0 spiro atoms. The van der Waals surface area contributed by atoms with Crippen molar-refractivity contribution in [2.75, 3.05) is 16.5 Å². The maximum Gasteiger partial charge on any atom is 0.271 e. The number of carbonyl (C=O) groups excluding carboxylic acids is 1. The summed E-state index contributed by atoms with van der Waals surface area (Å²) in [7, 11) is 0. The second kappa shape index (κ2) is 8.31. The highest BCUT2D eigenvalue weighted by atomic mass is 35.5. The lowest BCUT2D eigenvalue weighted by Gasteiger charge is -2.12. The molecule has 4 rings (SSSR count). The Kier molecular flexibility index (Phi) is 5.58. The summed E-state index contributed by atoms with van der Waals surface area (Å²) in [5.41, 5.74) is 13.8. The second-order valence-electron chi connectivity index (χ2n) is 6.25. The Balaban J connectivity index is 1.51. The van der Waals surface area contributed by atoms with Gasteiger partial charge < -0.3 is 11.1 Å². The molecule has 5 N–H and O–H groups in total. The van der Waals surface area contributed by atoms with E-state index in [1.165, 1.54) is 29.8 Å². The summed E-state index contributed by atoms with van der Waals surface area (Å²) in [6, 6.07) is 10.6. The predicted octanol–water partition coefficient (Wildman–Crippen LogP) is 4.78. The van der Waals surface area contributed by atoms with Gasteiger partial charge in [-0.25, -0.2) is 15.0 Å². The topological polar surface area (TPSA) is 118 Å². The molecule has 30 heavy (non-hydrogen) atoms. The van der Waals surface area contributed by atoms with E-state index in [1.807, 2.05) is 25.1 Å². The lowest BCUT2D eigenvalue weighted by atomic mass is 10.2. The number of para-hydroxylation sites is 1. The van der Waals surface area contributed by atoms with E-state index in [9.17, 15) is 4.79 Å². The lowest BCUT2D eigenvalue weighted by Crippen LogP contribution is -2.30. The third-order valence-electron chi connectivity index (χ3n) is 4.20. The van der Waals surface area contributed by atoms with Gasteiger partial charge in [0.15, 0.2) is 16.8 Å². The SMILES string of the molecule is Cc1cccc2sc(Nc3ncnc(NNC(=O)c4ccc(Cl)cc4Cl)c3N)nc12. The van der Waals surface area contributed by atoms with Gasteiger partial charge in [0.2, 0.25) is 0 Å². The normalized spacial score (nSPS) is 10.8. The molecule has 0 aliphatic rings. The summed E-state index contributed by atoms with van der Waals surface area (Å²) < 4.78 is 1.05. The lowest BCUT2D eigenvalue weighted by molar-refractivity contribution is 0.0962. The van der Waals surface area contributed by atoms with Crippen LogP contribution in [0.4, 0.5) is 22.5 Å². The largest absolute Gasteiger partial charge is 0.393 e. The van der Waals surface area contributed by atoms with Crippen LogP contribution in [0.1, 0.15) is 15.9 Å². The number of thiazole rings is 1. The molecular formula is C19H15Cl2N7OS. The van der Waals surface area contributed by atoms with Crippen molar-refractivity contribution in [3.8, 4) is 0 Å². The van der Waals surface area contributed by atoms with Gasteiger partial charge in [0, 0.05) is 5.02 Å². The highest BCUT2D eigenvalue weighted by molar-refractivity contribution is 7.22. The fourth-order valence-electron chi connectivity index (χ4n) is 2.69. The number of nitrogens with one attached hydrogen (secondary N) is 3. The van der Waals surface area contributed by atoms with E-state index in [0.29, 0.717) is 16.0 Å². The van der Waals surface area contributed by atoms with E-state index in [2.05, 4.69) is 31.1 Å². The first-order chi connectivity index (χ1) is 14.4. The molecule has 0 aliphatic carbocycles. The van der Waals surface area contributed by atoms with Gasteiger partial charge in [0.05, 0.1) is 20.8 Å². The number of hydrogen-bond acceptors (Lipinski definition) is 8. The quantitative estimate of drug-likeness (QED) is 0.317. The van der Waals surface area contributed by atoms with E-state index in [1.54, 1.807) is 6.07 Å². The van der Waals surface area contributed by atoms with E-state index >= 15 is 0 Å². The number of benzene rings is 2. The fraction of sp³-hybridized carbons (Fsp3) is 0.0526. The van der Waals surface area contributed by atoms with Crippen LogP contribution in [0.15, 0.2) is 42.7 Å². The van der Waals surface area contributed by atoms with Crippen LogP contribution in [-0.4, -0.2) is 20.9 Å². The molecule has 0 saturated carbocycles. The minimum atomic E-state index is -0.467. The van der Waals surface area contributed by atoms with Crippen LogP contribution < -0.4 is 21.9 Å². The third kappa shape index (κ3) is 4.09. The first-order valence-electron chi connectivity index (χ1n) is 8.67. The monoisotopic (exact) mass is 459 g/mol. The summed E-state index contributed by atoms with van der Waals surface area (Å²) in [6.07, 6.45) is 1.32. The van der Waals surface area contributed by atoms with E-state index in [0.717, 1.165) is 15.8 Å². The summed E-state index contributed by atoms with van der Waals surface area (Å²) in [4.78, 5) is 25.2. The molecule has 0 unspecified atom stereocenters. The van der Waals surface area contributed by atoms with Crippen LogP contribution in [0.25, 0.3) is 10.2 Å². The molecule has 0 radical (unpaired) electrons. The molecular weight excluding hydrogens is 445 g/mol. The molecule has 2 aromatic carbocycles. The number of nitrogens with zero attached hydrogens (tertiary/aromatic N) is 3. The average Bonchev–Trinajstić information content (AvgIpc) is 3.12. The minimum Gasteiger partial charge on any atom is -0.393 e. The second-order valence-corrected chi connectivity index (χ2v) is 8.13. The maximum absolute atomic E-state index is 12.4. The number of aromatic nitrogens is 3. The Morgan fingerprint density at radius 1 is 1.13 bits per heavy atom. The molecule has 152 valence electrons. The molecule has 0 fully saturated rings. The molecule has 1 amide bonds. The van der Waals surface area contributed by atoms with Gasteiger partial charge in [0.25, 0.3) is 5.91 Å². The number of hydrogen-bond donors (Lipinski definition) is 4. The Morgan fingerprint density at radius 3 is 2.70 bits per heavy atom. The van der Waals surface area contributed by atoms with Crippen LogP contribution in [0.3, 0.4) is 0 Å². The molecule has 11 heteroatoms. The zero-order chi connectivity index (χ0) is 21.3. The first-order valence-corrected chi connectivity index (χ1v) is 10.2. The van der Waals surface area contributed by atoms with Crippen molar-refractivity contribution in [3.63, 3.8) is 0 Å². The number of nitrogens with two attached hydrogens (primary N) is 1. The van der Waals surface area contributed by atoms with Crippen molar-refractivity contribution in [2.24, 2.45) is 0 Å². The van der Waals surface area contributed by atoms with Gasteiger partial charge in [0.1, 0.15) is 12.0 Å². The smallest absolute Gasteiger partial charge is 0.271 e. The third-order valence-corrected chi connectivity index (χ3v) is 5.68. The van der Waals surface area contributed by atoms with Crippen molar-refractivity contribution >= 4 is 73.1 Å². The van der Waals surface area contributed by atoms with Gasteiger partial charge in [-0.2, -0.15) is 0 Å². The minimum absolute atomic E-state index is 0.219. The zero-order valence-electron chi connectivity index (χ0n) is 15.5. The number of halogens is 2. The van der Waals surface area contributed by atoms with Crippen LogP contribution in [0, 0.1) is 6.92 Å². The Labute approximate surface area is 185 Å². The van der Waals surface area contributed by atoms with Crippen LogP contribution in [0.5, 0.6) is 0 Å². The number of rotatable bonds is 5.